The van der Waals surface area contributed by atoms with Gasteiger partial charge in [-0.2, -0.15) is 0 Å². The molecule has 1 amide bonds. The van der Waals surface area contributed by atoms with E-state index in [0.717, 1.165) is 16.5 Å². The van der Waals surface area contributed by atoms with E-state index in [0.29, 0.717) is 22.2 Å². The van der Waals surface area contributed by atoms with E-state index >= 15 is 0 Å². The topological polar surface area (TPSA) is 77.5 Å². The van der Waals surface area contributed by atoms with Crippen LogP contribution in [0.25, 0.3) is 17.0 Å². The predicted octanol–water partition coefficient (Wildman–Crippen LogP) is 4.79. The van der Waals surface area contributed by atoms with Gasteiger partial charge in [-0.15, -0.1) is 0 Å². The largest absolute Gasteiger partial charge is 0.495 e. The number of carbonyl (C=O) groups excluding carboxylic acids is 2. The first-order valence-electron chi connectivity index (χ1n) is 9.27. The van der Waals surface area contributed by atoms with Crippen molar-refractivity contribution in [3.8, 4) is 5.75 Å². The van der Waals surface area contributed by atoms with Gasteiger partial charge in [0.15, 0.2) is 6.10 Å². The second-order valence-electron chi connectivity index (χ2n) is 6.63. The minimum absolute atomic E-state index is 0.416. The lowest BCUT2D eigenvalue weighted by Crippen LogP contribution is -2.29. The van der Waals surface area contributed by atoms with Crippen molar-refractivity contribution in [2.24, 2.45) is 0 Å². The summed E-state index contributed by atoms with van der Waals surface area (Å²) in [5.41, 5.74) is 2.67. The fourth-order valence-corrected chi connectivity index (χ4v) is 2.91. The number of nitrogens with zero attached hydrogens (tertiary/aromatic N) is 1. The summed E-state index contributed by atoms with van der Waals surface area (Å²) in [7, 11) is 1.48. The third kappa shape index (κ3) is 5.15. The van der Waals surface area contributed by atoms with Crippen molar-refractivity contribution >= 4 is 46.1 Å². The Morgan fingerprint density at radius 1 is 1.17 bits per heavy atom. The molecule has 1 atom stereocenters. The number of pyridine rings is 1. The van der Waals surface area contributed by atoms with Crippen LogP contribution >= 0.6 is 11.6 Å². The first-order valence-corrected chi connectivity index (χ1v) is 9.64. The number of para-hydroxylation sites is 1. The number of ether oxygens (including phenoxy) is 2. The summed E-state index contributed by atoms with van der Waals surface area (Å²) in [5.74, 6) is -0.716. The Kier molecular flexibility index (Phi) is 6.69. The van der Waals surface area contributed by atoms with E-state index in [1.807, 2.05) is 37.3 Å². The zero-order valence-corrected chi connectivity index (χ0v) is 17.6. The van der Waals surface area contributed by atoms with Crippen LogP contribution in [0.3, 0.4) is 0 Å². The van der Waals surface area contributed by atoms with Crippen LogP contribution < -0.4 is 10.1 Å². The van der Waals surface area contributed by atoms with Gasteiger partial charge >= 0.3 is 5.97 Å². The highest BCUT2D eigenvalue weighted by molar-refractivity contribution is 6.31. The number of aromatic nitrogens is 1. The van der Waals surface area contributed by atoms with Crippen molar-refractivity contribution in [2.75, 3.05) is 12.4 Å². The van der Waals surface area contributed by atoms with Crippen LogP contribution in [-0.4, -0.2) is 30.1 Å². The zero-order chi connectivity index (χ0) is 21.7. The molecule has 0 bridgehead atoms. The number of aryl methyl sites for hydroxylation is 1. The fraction of sp³-hybridized carbons (Fsp3) is 0.174. The minimum Gasteiger partial charge on any atom is -0.495 e. The highest BCUT2D eigenvalue weighted by Gasteiger charge is 2.19. The number of halogens is 1. The Labute approximate surface area is 179 Å². The normalized spacial score (nSPS) is 12.0. The van der Waals surface area contributed by atoms with Crippen LogP contribution in [0.1, 0.15) is 18.2 Å². The molecule has 6 nitrogen and oxygen atoms in total. The summed E-state index contributed by atoms with van der Waals surface area (Å²) >= 11 is 6.08. The van der Waals surface area contributed by atoms with Gasteiger partial charge in [0.1, 0.15) is 5.75 Å². The molecule has 0 spiro atoms. The molecular weight excluding hydrogens is 404 g/mol. The van der Waals surface area contributed by atoms with Gasteiger partial charge in [0.2, 0.25) is 0 Å². The maximum Gasteiger partial charge on any atom is 0.331 e. The third-order valence-electron chi connectivity index (χ3n) is 4.41. The number of esters is 1. The predicted molar refractivity (Wildman–Crippen MR) is 118 cm³/mol. The first kappa shape index (κ1) is 21.3. The molecule has 3 rings (SSSR count). The second-order valence-corrected chi connectivity index (χ2v) is 7.04. The summed E-state index contributed by atoms with van der Waals surface area (Å²) in [5, 5.41) is 4.23. The Bertz CT molecular complexity index is 1130. The standard InChI is InChI=1S/C23H21ClN2O4/c1-14-12-20(21(29-3)13-18(14)24)26-23(28)15(2)30-22(27)11-10-17-9-8-16-6-4-5-7-19(16)25-17/h4-13,15H,1-3H3,(H,26,28)/b11-10+. The Hall–Kier alpha value is -3.38. The van der Waals surface area contributed by atoms with Crippen molar-refractivity contribution in [1.29, 1.82) is 0 Å². The van der Waals surface area contributed by atoms with Crippen molar-refractivity contribution in [2.45, 2.75) is 20.0 Å². The lowest BCUT2D eigenvalue weighted by atomic mass is 10.2. The molecule has 0 radical (unpaired) electrons. The number of nitrogens with one attached hydrogen (secondary N) is 1. The number of anilines is 1. The molecule has 0 aliphatic rings. The van der Waals surface area contributed by atoms with Crippen molar-refractivity contribution in [3.05, 3.63) is 70.9 Å². The molecule has 0 fully saturated rings. The number of methoxy groups -OCH3 is 1. The average molecular weight is 425 g/mol. The van der Waals surface area contributed by atoms with Gasteiger partial charge in [0.05, 0.1) is 24.0 Å². The molecular formula is C23H21ClN2O4. The summed E-state index contributed by atoms with van der Waals surface area (Å²) in [6.07, 6.45) is 1.78. The van der Waals surface area contributed by atoms with E-state index in [1.165, 1.54) is 20.1 Å². The highest BCUT2D eigenvalue weighted by atomic mass is 35.5. The maximum absolute atomic E-state index is 12.4. The number of carbonyl (C=O) groups is 2. The van der Waals surface area contributed by atoms with Crippen molar-refractivity contribution in [3.63, 3.8) is 0 Å². The molecule has 1 aromatic heterocycles. The lowest BCUT2D eigenvalue weighted by molar-refractivity contribution is -0.148. The quantitative estimate of drug-likeness (QED) is 0.454. The SMILES string of the molecule is COc1cc(Cl)c(C)cc1NC(=O)C(C)OC(=O)/C=C/c1ccc2ccccc2n1. The number of fused-ring (bicyclic) bond motifs is 1. The van der Waals surface area contributed by atoms with Gasteiger partial charge in [-0.25, -0.2) is 9.78 Å². The van der Waals surface area contributed by atoms with Crippen LogP contribution in [0.2, 0.25) is 5.02 Å². The molecule has 1 heterocycles. The summed E-state index contributed by atoms with van der Waals surface area (Å²) in [6.45, 7) is 3.30. The van der Waals surface area contributed by atoms with E-state index in [4.69, 9.17) is 21.1 Å². The fourth-order valence-electron chi connectivity index (χ4n) is 2.76. The third-order valence-corrected chi connectivity index (χ3v) is 4.82. The average Bonchev–Trinajstić information content (AvgIpc) is 2.74. The minimum atomic E-state index is -1.01. The number of hydrogen-bond acceptors (Lipinski definition) is 5. The van der Waals surface area contributed by atoms with E-state index in [-0.39, 0.29) is 0 Å². The van der Waals surface area contributed by atoms with Gasteiger partial charge in [0.25, 0.3) is 5.91 Å². The Morgan fingerprint density at radius 3 is 2.70 bits per heavy atom. The van der Waals surface area contributed by atoms with E-state index in [9.17, 15) is 9.59 Å². The van der Waals surface area contributed by atoms with Crippen LogP contribution in [0.15, 0.2) is 54.6 Å². The molecule has 0 aliphatic heterocycles. The number of rotatable bonds is 6. The lowest BCUT2D eigenvalue weighted by Gasteiger charge is -2.15. The second kappa shape index (κ2) is 9.41. The molecule has 7 heteroatoms. The molecule has 0 aliphatic carbocycles. The molecule has 0 saturated heterocycles. The molecule has 2 aromatic carbocycles. The molecule has 30 heavy (non-hydrogen) atoms. The molecule has 154 valence electrons. The van der Waals surface area contributed by atoms with Gasteiger partial charge in [-0.3, -0.25) is 4.79 Å². The summed E-state index contributed by atoms with van der Waals surface area (Å²) < 4.78 is 10.4. The molecule has 3 aromatic rings. The Balaban J connectivity index is 1.62. The van der Waals surface area contributed by atoms with Crippen molar-refractivity contribution in [1.82, 2.24) is 4.98 Å². The Morgan fingerprint density at radius 2 is 1.93 bits per heavy atom. The van der Waals surface area contributed by atoms with Gasteiger partial charge in [0, 0.05) is 22.6 Å². The highest BCUT2D eigenvalue weighted by Crippen LogP contribution is 2.31. The summed E-state index contributed by atoms with van der Waals surface area (Å²) in [4.78, 5) is 29.0. The van der Waals surface area contributed by atoms with Gasteiger partial charge in [-0.05, 0) is 43.7 Å². The molecule has 0 saturated carbocycles. The van der Waals surface area contributed by atoms with Gasteiger partial charge in [-0.1, -0.05) is 35.9 Å². The van der Waals surface area contributed by atoms with E-state index < -0.39 is 18.0 Å². The summed E-state index contributed by atoms with van der Waals surface area (Å²) in [6, 6.07) is 14.7. The van der Waals surface area contributed by atoms with Gasteiger partial charge < -0.3 is 14.8 Å². The maximum atomic E-state index is 12.4. The van der Waals surface area contributed by atoms with Crippen LogP contribution in [0.4, 0.5) is 5.69 Å². The van der Waals surface area contributed by atoms with Crippen LogP contribution in [-0.2, 0) is 14.3 Å². The van der Waals surface area contributed by atoms with E-state index in [1.54, 1.807) is 24.3 Å². The number of hydrogen-bond donors (Lipinski definition) is 1. The van der Waals surface area contributed by atoms with Crippen LogP contribution in [0.5, 0.6) is 5.75 Å². The first-order chi connectivity index (χ1) is 14.4. The van der Waals surface area contributed by atoms with E-state index in [2.05, 4.69) is 10.3 Å². The zero-order valence-electron chi connectivity index (χ0n) is 16.8. The monoisotopic (exact) mass is 424 g/mol. The number of benzene rings is 2. The molecule has 1 unspecified atom stereocenters. The number of amides is 1. The van der Waals surface area contributed by atoms with Crippen molar-refractivity contribution < 1.29 is 19.1 Å². The smallest absolute Gasteiger partial charge is 0.331 e. The molecule has 1 N–H and O–H groups in total. The van der Waals surface area contributed by atoms with Crippen LogP contribution in [0, 0.1) is 6.92 Å².